The molecule has 3 heterocycles. The van der Waals surface area contributed by atoms with E-state index in [4.69, 9.17) is 0 Å². The Balaban J connectivity index is 1.78. The van der Waals surface area contributed by atoms with Crippen molar-refractivity contribution in [3.8, 4) is 0 Å². The minimum absolute atomic E-state index is 0.713. The van der Waals surface area contributed by atoms with Gasteiger partial charge >= 0.3 is 0 Å². The first-order valence-electron chi connectivity index (χ1n) is 6.80. The molecule has 3 unspecified atom stereocenters. The van der Waals surface area contributed by atoms with Gasteiger partial charge in [-0.25, -0.2) is 0 Å². The monoisotopic (exact) mass is 232 g/mol. The topological polar surface area (TPSA) is 33.1 Å². The maximum Gasteiger partial charge on any atom is 0.150 e. The summed E-state index contributed by atoms with van der Waals surface area (Å²) >= 11 is 0. The van der Waals surface area contributed by atoms with Crippen molar-refractivity contribution >= 4 is 11.5 Å². The Morgan fingerprint density at radius 3 is 3.12 bits per heavy atom. The van der Waals surface area contributed by atoms with E-state index < -0.39 is 0 Å². The third kappa shape index (κ3) is 1.16. The van der Waals surface area contributed by atoms with Gasteiger partial charge in [-0.15, -0.1) is 0 Å². The quantitative estimate of drug-likeness (QED) is 0.740. The van der Waals surface area contributed by atoms with Crippen LogP contribution in [0.2, 0.25) is 0 Å². The Morgan fingerprint density at radius 2 is 2.24 bits per heavy atom. The summed E-state index contributed by atoms with van der Waals surface area (Å²) in [6, 6.07) is 0.713. The van der Waals surface area contributed by atoms with Crippen LogP contribution in [0.3, 0.4) is 0 Å². The van der Waals surface area contributed by atoms with Crippen molar-refractivity contribution in [2.24, 2.45) is 18.9 Å². The van der Waals surface area contributed by atoms with Gasteiger partial charge in [-0.05, 0) is 31.6 Å². The molecule has 0 spiro atoms. The van der Waals surface area contributed by atoms with Crippen molar-refractivity contribution in [1.29, 1.82) is 0 Å². The highest BCUT2D eigenvalue weighted by Gasteiger charge is 2.47. The Morgan fingerprint density at radius 1 is 1.35 bits per heavy atom. The second-order valence-electron chi connectivity index (χ2n) is 5.86. The van der Waals surface area contributed by atoms with E-state index in [2.05, 4.69) is 34.0 Å². The lowest BCUT2D eigenvalue weighted by Gasteiger charge is -2.35. The lowest BCUT2D eigenvalue weighted by molar-refractivity contribution is 0.428. The SMILES string of the molecule is Cc1nn(C)c2c1NCC1C3CCCC3CN21. The highest BCUT2D eigenvalue weighted by atomic mass is 15.4. The highest BCUT2D eigenvalue weighted by molar-refractivity contribution is 5.72. The Bertz CT molecular complexity index is 464. The fourth-order valence-electron chi connectivity index (χ4n) is 4.31. The molecule has 4 rings (SSSR count). The second-order valence-corrected chi connectivity index (χ2v) is 5.86. The van der Waals surface area contributed by atoms with E-state index in [9.17, 15) is 0 Å². The van der Waals surface area contributed by atoms with Crippen molar-refractivity contribution in [3.05, 3.63) is 5.69 Å². The Labute approximate surface area is 102 Å². The molecule has 1 saturated heterocycles. The highest BCUT2D eigenvalue weighted by Crippen LogP contribution is 2.47. The van der Waals surface area contributed by atoms with Gasteiger partial charge in [0.1, 0.15) is 5.69 Å². The zero-order valence-electron chi connectivity index (χ0n) is 10.6. The molecule has 1 aromatic heterocycles. The molecule has 1 N–H and O–H groups in total. The van der Waals surface area contributed by atoms with Crippen LogP contribution in [-0.2, 0) is 7.05 Å². The van der Waals surface area contributed by atoms with Gasteiger partial charge in [-0.2, -0.15) is 5.10 Å². The maximum atomic E-state index is 4.56. The minimum Gasteiger partial charge on any atom is -0.378 e. The van der Waals surface area contributed by atoms with E-state index in [-0.39, 0.29) is 0 Å². The van der Waals surface area contributed by atoms with Gasteiger partial charge in [0.2, 0.25) is 0 Å². The third-order valence-electron chi connectivity index (χ3n) is 5.00. The van der Waals surface area contributed by atoms with Gasteiger partial charge < -0.3 is 10.2 Å². The predicted molar refractivity (Wildman–Crippen MR) is 68.4 cm³/mol. The average Bonchev–Trinajstić information content (AvgIpc) is 2.92. The maximum absolute atomic E-state index is 4.56. The number of hydrogen-bond acceptors (Lipinski definition) is 3. The number of rotatable bonds is 0. The smallest absolute Gasteiger partial charge is 0.150 e. The summed E-state index contributed by atoms with van der Waals surface area (Å²) in [5.41, 5.74) is 2.40. The van der Waals surface area contributed by atoms with E-state index in [1.807, 2.05) is 0 Å². The summed E-state index contributed by atoms with van der Waals surface area (Å²) < 4.78 is 2.06. The fourth-order valence-corrected chi connectivity index (χ4v) is 4.31. The number of anilines is 2. The third-order valence-corrected chi connectivity index (χ3v) is 5.00. The summed E-state index contributed by atoms with van der Waals surface area (Å²) in [4.78, 5) is 2.63. The molecule has 92 valence electrons. The minimum atomic E-state index is 0.713. The van der Waals surface area contributed by atoms with E-state index in [0.717, 1.165) is 24.1 Å². The molecule has 1 saturated carbocycles. The molecule has 1 aliphatic carbocycles. The largest absolute Gasteiger partial charge is 0.378 e. The molecule has 2 fully saturated rings. The van der Waals surface area contributed by atoms with Crippen LogP contribution in [0.4, 0.5) is 11.5 Å². The molecule has 17 heavy (non-hydrogen) atoms. The van der Waals surface area contributed by atoms with Crippen LogP contribution in [0, 0.1) is 18.8 Å². The van der Waals surface area contributed by atoms with Gasteiger partial charge in [0.05, 0.1) is 11.7 Å². The standard InChI is InChI=1S/C13H20N4/c1-8-12-13(16(2)15-8)17-7-9-4-3-5-10(9)11(17)6-14-12/h9-11,14H,3-7H2,1-2H3. The summed E-state index contributed by atoms with van der Waals surface area (Å²) in [5.74, 6) is 3.18. The number of nitrogens with zero attached hydrogens (tertiary/aromatic N) is 3. The van der Waals surface area contributed by atoms with Crippen LogP contribution < -0.4 is 10.2 Å². The molecule has 3 atom stereocenters. The number of aromatic nitrogens is 2. The molecular formula is C13H20N4. The van der Waals surface area contributed by atoms with E-state index >= 15 is 0 Å². The predicted octanol–water partition coefficient (Wildman–Crippen LogP) is 1.76. The van der Waals surface area contributed by atoms with E-state index in [1.54, 1.807) is 0 Å². The first-order valence-corrected chi connectivity index (χ1v) is 6.80. The zero-order chi connectivity index (χ0) is 11.6. The van der Waals surface area contributed by atoms with Gasteiger partial charge in [-0.1, -0.05) is 6.42 Å². The van der Waals surface area contributed by atoms with Crippen molar-refractivity contribution in [2.45, 2.75) is 32.2 Å². The molecule has 0 aromatic carbocycles. The van der Waals surface area contributed by atoms with Crippen molar-refractivity contribution in [1.82, 2.24) is 9.78 Å². The summed E-state index contributed by atoms with van der Waals surface area (Å²) in [6.07, 6.45) is 4.31. The molecule has 0 amide bonds. The van der Waals surface area contributed by atoms with Crippen LogP contribution in [0.15, 0.2) is 0 Å². The van der Waals surface area contributed by atoms with Crippen LogP contribution in [-0.4, -0.2) is 28.9 Å². The number of aryl methyl sites for hydroxylation is 2. The van der Waals surface area contributed by atoms with Crippen molar-refractivity contribution in [3.63, 3.8) is 0 Å². The lowest BCUT2D eigenvalue weighted by atomic mass is 9.93. The van der Waals surface area contributed by atoms with E-state index in [0.29, 0.717) is 6.04 Å². The lowest BCUT2D eigenvalue weighted by Crippen LogP contribution is -2.43. The molecule has 0 bridgehead atoms. The Kier molecular flexibility index (Phi) is 1.83. The van der Waals surface area contributed by atoms with Crippen LogP contribution in [0.25, 0.3) is 0 Å². The van der Waals surface area contributed by atoms with Crippen molar-refractivity contribution in [2.75, 3.05) is 23.3 Å². The molecule has 3 aliphatic rings. The van der Waals surface area contributed by atoms with Gasteiger partial charge in [0.15, 0.2) is 5.82 Å². The molecule has 2 aliphatic heterocycles. The fraction of sp³-hybridized carbons (Fsp3) is 0.769. The van der Waals surface area contributed by atoms with Crippen LogP contribution in [0.5, 0.6) is 0 Å². The first kappa shape index (κ1) is 9.80. The van der Waals surface area contributed by atoms with Crippen LogP contribution >= 0.6 is 0 Å². The molecule has 0 radical (unpaired) electrons. The summed E-state index contributed by atoms with van der Waals surface area (Å²) in [7, 11) is 2.07. The normalized spacial score (nSPS) is 34.2. The average molecular weight is 232 g/mol. The Hall–Kier alpha value is -1.19. The van der Waals surface area contributed by atoms with Gasteiger partial charge in [-0.3, -0.25) is 4.68 Å². The first-order chi connectivity index (χ1) is 8.25. The second kappa shape index (κ2) is 3.18. The molecule has 1 aromatic rings. The van der Waals surface area contributed by atoms with E-state index in [1.165, 1.54) is 37.3 Å². The van der Waals surface area contributed by atoms with Gasteiger partial charge in [0.25, 0.3) is 0 Å². The van der Waals surface area contributed by atoms with Crippen LogP contribution in [0.1, 0.15) is 25.0 Å². The molecule has 4 nitrogen and oxygen atoms in total. The van der Waals surface area contributed by atoms with Gasteiger partial charge in [0, 0.05) is 20.1 Å². The number of fused-ring (bicyclic) bond motifs is 5. The number of nitrogens with one attached hydrogen (secondary N) is 1. The van der Waals surface area contributed by atoms with Crippen molar-refractivity contribution < 1.29 is 0 Å². The summed E-state index contributed by atoms with van der Waals surface area (Å²) in [6.45, 7) is 4.47. The molecule has 4 heteroatoms. The molecular weight excluding hydrogens is 212 g/mol. The summed E-state index contributed by atoms with van der Waals surface area (Å²) in [5, 5.41) is 8.17. The zero-order valence-corrected chi connectivity index (χ0v) is 10.6. The number of hydrogen-bond donors (Lipinski definition) is 1.